The Bertz CT molecular complexity index is 708. The molecule has 0 unspecified atom stereocenters. The van der Waals surface area contributed by atoms with Gasteiger partial charge >= 0.3 is 5.97 Å². The summed E-state index contributed by atoms with van der Waals surface area (Å²) in [6, 6.07) is 12.0. The zero-order valence-electron chi connectivity index (χ0n) is 13.2. The smallest absolute Gasteiger partial charge is 0.346 e. The number of ether oxygens (including phenoxy) is 3. The highest BCUT2D eigenvalue weighted by Crippen LogP contribution is 2.28. The number of carbonyl (C=O) groups excluding carboxylic acids is 2. The second kappa shape index (κ2) is 8.35. The van der Waals surface area contributed by atoms with Crippen LogP contribution in [-0.4, -0.2) is 32.7 Å². The molecule has 0 saturated carbocycles. The predicted molar refractivity (Wildman–Crippen MR) is 92.6 cm³/mol. The van der Waals surface area contributed by atoms with E-state index in [0.717, 1.165) is 4.47 Å². The fraction of sp³-hybridized carbons (Fsp3) is 0.176. The van der Waals surface area contributed by atoms with Gasteiger partial charge in [0, 0.05) is 10.2 Å². The van der Waals surface area contributed by atoms with E-state index in [9.17, 15) is 9.59 Å². The van der Waals surface area contributed by atoms with Crippen LogP contribution in [0.5, 0.6) is 11.5 Å². The molecule has 0 aliphatic carbocycles. The molecule has 0 aromatic heterocycles. The standard InChI is InChI=1S/C17H16BrNO5/c1-22-13-4-3-5-14(23-2)16(13)17(21)24-10-15(20)19-12-8-6-11(18)7-9-12/h3-9H,10H2,1-2H3,(H,19,20). The Morgan fingerprint density at radius 1 is 1.00 bits per heavy atom. The van der Waals surface area contributed by atoms with E-state index in [0.29, 0.717) is 17.2 Å². The van der Waals surface area contributed by atoms with Crippen LogP contribution >= 0.6 is 15.9 Å². The Kier molecular flexibility index (Phi) is 6.20. The number of amides is 1. The van der Waals surface area contributed by atoms with Gasteiger partial charge in [-0.05, 0) is 36.4 Å². The van der Waals surface area contributed by atoms with E-state index in [1.165, 1.54) is 14.2 Å². The molecular formula is C17H16BrNO5. The van der Waals surface area contributed by atoms with Gasteiger partial charge < -0.3 is 19.5 Å². The van der Waals surface area contributed by atoms with Crippen molar-refractivity contribution in [1.29, 1.82) is 0 Å². The fourth-order valence-corrected chi connectivity index (χ4v) is 2.25. The summed E-state index contributed by atoms with van der Waals surface area (Å²) in [5.74, 6) is -0.518. The van der Waals surface area contributed by atoms with Crippen molar-refractivity contribution in [3.8, 4) is 11.5 Å². The number of halogens is 1. The van der Waals surface area contributed by atoms with Crippen LogP contribution in [0.25, 0.3) is 0 Å². The van der Waals surface area contributed by atoms with Crippen molar-refractivity contribution >= 4 is 33.5 Å². The number of rotatable bonds is 6. The van der Waals surface area contributed by atoms with Crippen molar-refractivity contribution in [2.75, 3.05) is 26.1 Å². The van der Waals surface area contributed by atoms with Crippen LogP contribution in [0, 0.1) is 0 Å². The molecule has 2 aromatic rings. The quantitative estimate of drug-likeness (QED) is 0.762. The molecule has 0 fully saturated rings. The zero-order valence-corrected chi connectivity index (χ0v) is 14.8. The second-order valence-electron chi connectivity index (χ2n) is 4.67. The largest absolute Gasteiger partial charge is 0.496 e. The van der Waals surface area contributed by atoms with E-state index in [-0.39, 0.29) is 5.56 Å². The van der Waals surface area contributed by atoms with Crippen LogP contribution < -0.4 is 14.8 Å². The predicted octanol–water partition coefficient (Wildman–Crippen LogP) is 3.26. The Morgan fingerprint density at radius 2 is 1.58 bits per heavy atom. The molecule has 1 N–H and O–H groups in total. The molecule has 2 aromatic carbocycles. The van der Waals surface area contributed by atoms with Gasteiger partial charge in [0.1, 0.15) is 17.1 Å². The molecule has 0 aliphatic rings. The topological polar surface area (TPSA) is 73.9 Å². The number of esters is 1. The first-order chi connectivity index (χ1) is 11.5. The maximum atomic E-state index is 12.2. The van der Waals surface area contributed by atoms with E-state index in [1.54, 1.807) is 42.5 Å². The molecule has 0 atom stereocenters. The first-order valence-corrected chi connectivity index (χ1v) is 7.78. The lowest BCUT2D eigenvalue weighted by Crippen LogP contribution is -2.21. The summed E-state index contributed by atoms with van der Waals surface area (Å²) in [5, 5.41) is 2.63. The lowest BCUT2D eigenvalue weighted by Gasteiger charge is -2.12. The molecule has 0 radical (unpaired) electrons. The zero-order chi connectivity index (χ0) is 17.5. The van der Waals surface area contributed by atoms with Gasteiger partial charge in [-0.1, -0.05) is 22.0 Å². The maximum Gasteiger partial charge on any atom is 0.346 e. The average Bonchev–Trinajstić information content (AvgIpc) is 2.60. The number of benzene rings is 2. The molecule has 2 rings (SSSR count). The maximum absolute atomic E-state index is 12.2. The van der Waals surface area contributed by atoms with Crippen molar-refractivity contribution < 1.29 is 23.8 Å². The first-order valence-electron chi connectivity index (χ1n) is 6.98. The number of hydrogen-bond acceptors (Lipinski definition) is 5. The number of hydrogen-bond donors (Lipinski definition) is 1. The summed E-state index contributed by atoms with van der Waals surface area (Å²) in [6.07, 6.45) is 0. The van der Waals surface area contributed by atoms with Gasteiger partial charge in [0.2, 0.25) is 0 Å². The van der Waals surface area contributed by atoms with Crippen LogP contribution in [0.3, 0.4) is 0 Å². The van der Waals surface area contributed by atoms with Crippen LogP contribution in [0.4, 0.5) is 5.69 Å². The van der Waals surface area contributed by atoms with E-state index < -0.39 is 18.5 Å². The van der Waals surface area contributed by atoms with Gasteiger partial charge in [-0.2, -0.15) is 0 Å². The van der Waals surface area contributed by atoms with Crippen LogP contribution in [0.2, 0.25) is 0 Å². The molecule has 7 heteroatoms. The lowest BCUT2D eigenvalue weighted by atomic mass is 10.2. The number of methoxy groups -OCH3 is 2. The molecule has 0 heterocycles. The number of carbonyl (C=O) groups is 2. The van der Waals surface area contributed by atoms with E-state index in [1.807, 2.05) is 0 Å². The third-order valence-corrected chi connectivity index (χ3v) is 3.62. The Hall–Kier alpha value is -2.54. The lowest BCUT2D eigenvalue weighted by molar-refractivity contribution is -0.119. The van der Waals surface area contributed by atoms with E-state index >= 15 is 0 Å². The molecule has 24 heavy (non-hydrogen) atoms. The minimum atomic E-state index is -0.699. The van der Waals surface area contributed by atoms with Crippen molar-refractivity contribution in [1.82, 2.24) is 0 Å². The molecule has 0 saturated heterocycles. The van der Waals surface area contributed by atoms with E-state index in [2.05, 4.69) is 21.2 Å². The number of anilines is 1. The van der Waals surface area contributed by atoms with Crippen LogP contribution in [0.15, 0.2) is 46.9 Å². The van der Waals surface area contributed by atoms with Crippen molar-refractivity contribution in [3.63, 3.8) is 0 Å². The second-order valence-corrected chi connectivity index (χ2v) is 5.58. The highest BCUT2D eigenvalue weighted by Gasteiger charge is 2.20. The van der Waals surface area contributed by atoms with Crippen molar-refractivity contribution in [3.05, 3.63) is 52.5 Å². The highest BCUT2D eigenvalue weighted by molar-refractivity contribution is 9.10. The Labute approximate surface area is 147 Å². The summed E-state index contributed by atoms with van der Waals surface area (Å²) < 4.78 is 16.2. The molecule has 6 nitrogen and oxygen atoms in total. The third-order valence-electron chi connectivity index (χ3n) is 3.09. The molecule has 0 bridgehead atoms. The monoisotopic (exact) mass is 393 g/mol. The summed E-state index contributed by atoms with van der Waals surface area (Å²) in [4.78, 5) is 24.1. The van der Waals surface area contributed by atoms with Gasteiger partial charge in [-0.3, -0.25) is 4.79 Å². The van der Waals surface area contributed by atoms with Gasteiger partial charge in [-0.15, -0.1) is 0 Å². The SMILES string of the molecule is COc1cccc(OC)c1C(=O)OCC(=O)Nc1ccc(Br)cc1. The van der Waals surface area contributed by atoms with Crippen molar-refractivity contribution in [2.24, 2.45) is 0 Å². The van der Waals surface area contributed by atoms with Gasteiger partial charge in [0.05, 0.1) is 14.2 Å². The third kappa shape index (κ3) is 4.48. The van der Waals surface area contributed by atoms with Crippen LogP contribution in [0.1, 0.15) is 10.4 Å². The van der Waals surface area contributed by atoms with E-state index in [4.69, 9.17) is 14.2 Å². The summed E-state index contributed by atoms with van der Waals surface area (Å²) >= 11 is 3.31. The summed E-state index contributed by atoms with van der Waals surface area (Å²) in [6.45, 7) is -0.421. The normalized spacial score (nSPS) is 9.96. The number of nitrogens with one attached hydrogen (secondary N) is 1. The van der Waals surface area contributed by atoms with Crippen LogP contribution in [-0.2, 0) is 9.53 Å². The van der Waals surface area contributed by atoms with Gasteiger partial charge in [0.25, 0.3) is 5.91 Å². The Morgan fingerprint density at radius 3 is 2.12 bits per heavy atom. The Balaban J connectivity index is 2.00. The molecule has 126 valence electrons. The van der Waals surface area contributed by atoms with Crippen molar-refractivity contribution in [2.45, 2.75) is 0 Å². The first kappa shape index (κ1) is 17.8. The molecular weight excluding hydrogens is 378 g/mol. The molecule has 0 aliphatic heterocycles. The minimum Gasteiger partial charge on any atom is -0.496 e. The highest BCUT2D eigenvalue weighted by atomic mass is 79.9. The molecule has 0 spiro atoms. The minimum absolute atomic E-state index is 0.138. The fourth-order valence-electron chi connectivity index (χ4n) is 1.99. The summed E-state index contributed by atoms with van der Waals surface area (Å²) in [7, 11) is 2.87. The molecule has 1 amide bonds. The van der Waals surface area contributed by atoms with Gasteiger partial charge in [0.15, 0.2) is 6.61 Å². The summed E-state index contributed by atoms with van der Waals surface area (Å²) in [5.41, 5.74) is 0.744. The average molecular weight is 394 g/mol. The van der Waals surface area contributed by atoms with Gasteiger partial charge in [-0.25, -0.2) is 4.79 Å².